The average Bonchev–Trinajstić information content (AvgIpc) is 3.17. The Labute approximate surface area is 391 Å². The van der Waals surface area contributed by atoms with E-state index in [1.807, 2.05) is 0 Å². The van der Waals surface area contributed by atoms with Gasteiger partial charge in [0.2, 0.25) is 0 Å². The summed E-state index contributed by atoms with van der Waals surface area (Å²) in [6.07, 6.45) is 60.4. The molecule has 0 saturated heterocycles. The Bertz CT molecular complexity index is 656. The van der Waals surface area contributed by atoms with Crippen LogP contribution in [0.25, 0.3) is 0 Å². The SMILES string of the molecule is CCCCCCCCCCCCCCCCCCCCCCCN(CCCCCCCCCCCCCCCCCCCCCCC)C(CCC)C(=O)[O-].[K+]. The standard InChI is InChI=1S/C51H103NO2.K/c1-4-7-9-11-13-15-17-19-21-23-25-27-29-31-33-35-37-39-41-43-45-48-52(50(47-6-3)51(53)54)49-46-44-42-40-38-36-34-32-30-28-26-24-22-20-18-16-14-12-10-8-5-2;/h50H,4-49H2,1-3H3,(H,53,54);/q;+1/p-1. The number of nitrogens with zero attached hydrogens (tertiary/aromatic N) is 1. The quantitative estimate of drug-likeness (QED) is 0.0455. The first-order valence-electron chi connectivity index (χ1n) is 25.6. The number of hydrogen-bond acceptors (Lipinski definition) is 3. The van der Waals surface area contributed by atoms with Gasteiger partial charge < -0.3 is 9.90 Å². The molecule has 0 aliphatic rings. The van der Waals surface area contributed by atoms with Crippen molar-refractivity contribution in [2.24, 2.45) is 0 Å². The van der Waals surface area contributed by atoms with E-state index in [2.05, 4.69) is 25.7 Å². The summed E-state index contributed by atoms with van der Waals surface area (Å²) >= 11 is 0. The minimum absolute atomic E-state index is 0. The first-order valence-corrected chi connectivity index (χ1v) is 25.6. The summed E-state index contributed by atoms with van der Waals surface area (Å²) in [4.78, 5) is 14.3. The Morgan fingerprint density at radius 3 is 0.673 bits per heavy atom. The van der Waals surface area contributed by atoms with Gasteiger partial charge in [0, 0.05) is 6.04 Å². The number of carbonyl (C=O) groups is 1. The molecular weight excluding hydrogens is 698 g/mol. The van der Waals surface area contributed by atoms with E-state index in [9.17, 15) is 9.90 Å². The molecule has 324 valence electrons. The molecule has 55 heavy (non-hydrogen) atoms. The summed E-state index contributed by atoms with van der Waals surface area (Å²) in [5.41, 5.74) is 0. The van der Waals surface area contributed by atoms with Crippen LogP contribution in [0.15, 0.2) is 0 Å². The van der Waals surface area contributed by atoms with Gasteiger partial charge in [0.1, 0.15) is 0 Å². The molecule has 3 nitrogen and oxygen atoms in total. The topological polar surface area (TPSA) is 43.4 Å². The first-order chi connectivity index (χ1) is 26.7. The van der Waals surface area contributed by atoms with Gasteiger partial charge in [-0.3, -0.25) is 4.90 Å². The van der Waals surface area contributed by atoms with Crippen LogP contribution < -0.4 is 56.5 Å². The predicted octanol–water partition coefficient (Wildman–Crippen LogP) is 13.6. The fraction of sp³-hybridized carbons (Fsp3) is 0.980. The van der Waals surface area contributed by atoms with E-state index >= 15 is 0 Å². The van der Waals surface area contributed by atoms with Crippen LogP contribution in [-0.2, 0) is 4.79 Å². The van der Waals surface area contributed by atoms with E-state index in [1.54, 1.807) is 0 Å². The Hall–Kier alpha value is 1.07. The van der Waals surface area contributed by atoms with Gasteiger partial charge in [0.15, 0.2) is 0 Å². The maximum atomic E-state index is 12.0. The fourth-order valence-corrected chi connectivity index (χ4v) is 8.64. The molecule has 0 heterocycles. The number of carboxylic acids is 1. The molecule has 0 N–H and O–H groups in total. The second-order valence-electron chi connectivity index (χ2n) is 17.8. The van der Waals surface area contributed by atoms with Crippen LogP contribution >= 0.6 is 0 Å². The van der Waals surface area contributed by atoms with Crippen LogP contribution in [0.3, 0.4) is 0 Å². The minimum Gasteiger partial charge on any atom is -0.548 e. The fourth-order valence-electron chi connectivity index (χ4n) is 8.64. The van der Waals surface area contributed by atoms with E-state index in [-0.39, 0.29) is 51.4 Å². The van der Waals surface area contributed by atoms with E-state index in [4.69, 9.17) is 0 Å². The van der Waals surface area contributed by atoms with Crippen LogP contribution in [0.5, 0.6) is 0 Å². The van der Waals surface area contributed by atoms with Gasteiger partial charge in [0.25, 0.3) is 0 Å². The Balaban J connectivity index is 0. The van der Waals surface area contributed by atoms with Crippen molar-refractivity contribution in [3.8, 4) is 0 Å². The molecule has 0 aromatic carbocycles. The van der Waals surface area contributed by atoms with Crippen molar-refractivity contribution in [3.05, 3.63) is 0 Å². The van der Waals surface area contributed by atoms with E-state index in [0.29, 0.717) is 0 Å². The molecule has 1 atom stereocenters. The van der Waals surface area contributed by atoms with Gasteiger partial charge >= 0.3 is 51.4 Å². The molecule has 1 unspecified atom stereocenters. The van der Waals surface area contributed by atoms with Gasteiger partial charge in [-0.1, -0.05) is 284 Å². The molecule has 0 rings (SSSR count). The third-order valence-corrected chi connectivity index (χ3v) is 12.4. The molecule has 0 aliphatic carbocycles. The van der Waals surface area contributed by atoms with Gasteiger partial charge in [-0.05, 0) is 32.4 Å². The van der Waals surface area contributed by atoms with Crippen molar-refractivity contribution in [1.82, 2.24) is 4.90 Å². The van der Waals surface area contributed by atoms with E-state index in [0.717, 1.165) is 38.8 Å². The van der Waals surface area contributed by atoms with E-state index in [1.165, 1.54) is 257 Å². The number of unbranched alkanes of at least 4 members (excludes halogenated alkanes) is 40. The van der Waals surface area contributed by atoms with Crippen molar-refractivity contribution in [1.29, 1.82) is 0 Å². The summed E-state index contributed by atoms with van der Waals surface area (Å²) in [6, 6.07) is -0.398. The second-order valence-corrected chi connectivity index (χ2v) is 17.8. The molecule has 0 amide bonds. The zero-order valence-corrected chi connectivity index (χ0v) is 42.0. The largest absolute Gasteiger partial charge is 1.00 e. The van der Waals surface area contributed by atoms with Crippen LogP contribution in [0.1, 0.15) is 303 Å². The second kappa shape index (κ2) is 51.2. The van der Waals surface area contributed by atoms with Crippen molar-refractivity contribution in [2.45, 2.75) is 309 Å². The molecule has 0 radical (unpaired) electrons. The molecule has 0 aromatic heterocycles. The van der Waals surface area contributed by atoms with Gasteiger partial charge in [-0.25, -0.2) is 0 Å². The first kappa shape index (κ1) is 58.2. The normalized spacial score (nSPS) is 12.1. The van der Waals surface area contributed by atoms with Crippen molar-refractivity contribution < 1.29 is 61.3 Å². The maximum absolute atomic E-state index is 12.0. The Morgan fingerprint density at radius 1 is 0.327 bits per heavy atom. The van der Waals surface area contributed by atoms with Crippen LogP contribution in [0.4, 0.5) is 0 Å². The van der Waals surface area contributed by atoms with Gasteiger partial charge in [-0.15, -0.1) is 0 Å². The molecule has 4 heteroatoms. The number of carbonyl (C=O) groups excluding carboxylic acids is 1. The van der Waals surface area contributed by atoms with Crippen molar-refractivity contribution >= 4 is 5.97 Å². The molecule has 0 saturated carbocycles. The van der Waals surface area contributed by atoms with Crippen LogP contribution in [0.2, 0.25) is 0 Å². The Kier molecular flexibility index (Phi) is 54.1. The summed E-state index contributed by atoms with van der Waals surface area (Å²) in [6.45, 7) is 8.56. The minimum atomic E-state index is -0.858. The summed E-state index contributed by atoms with van der Waals surface area (Å²) in [5, 5.41) is 12.0. The van der Waals surface area contributed by atoms with Gasteiger partial charge in [-0.2, -0.15) is 0 Å². The molecule has 0 aromatic rings. The summed E-state index contributed by atoms with van der Waals surface area (Å²) in [5.74, 6) is -0.858. The number of aliphatic carboxylic acids is 1. The molecule has 0 spiro atoms. The molecular formula is C51H102KNO2. The summed E-state index contributed by atoms with van der Waals surface area (Å²) in [7, 11) is 0. The smallest absolute Gasteiger partial charge is 0.548 e. The van der Waals surface area contributed by atoms with Crippen molar-refractivity contribution in [2.75, 3.05) is 13.1 Å². The summed E-state index contributed by atoms with van der Waals surface area (Å²) < 4.78 is 0. The van der Waals surface area contributed by atoms with Crippen LogP contribution in [0, 0.1) is 0 Å². The van der Waals surface area contributed by atoms with Gasteiger partial charge in [0.05, 0.1) is 5.97 Å². The third kappa shape index (κ3) is 46.0. The predicted molar refractivity (Wildman–Crippen MR) is 241 cm³/mol. The Morgan fingerprint density at radius 2 is 0.509 bits per heavy atom. The molecule has 0 bridgehead atoms. The monoisotopic (exact) mass is 800 g/mol. The number of rotatable bonds is 48. The third-order valence-electron chi connectivity index (χ3n) is 12.4. The van der Waals surface area contributed by atoms with E-state index < -0.39 is 12.0 Å². The molecule has 0 aliphatic heterocycles. The van der Waals surface area contributed by atoms with Crippen LogP contribution in [-0.4, -0.2) is 30.0 Å². The number of hydrogen-bond donors (Lipinski definition) is 0. The maximum Gasteiger partial charge on any atom is 1.00 e. The van der Waals surface area contributed by atoms with Crippen molar-refractivity contribution in [3.63, 3.8) is 0 Å². The zero-order chi connectivity index (χ0) is 39.3. The average molecular weight is 800 g/mol. The number of carboxylic acid groups (broad SMARTS) is 1. The molecule has 0 fully saturated rings. The zero-order valence-electron chi connectivity index (χ0n) is 38.9.